The Bertz CT molecular complexity index is 756. The molecule has 0 heterocycles. The van der Waals surface area contributed by atoms with Crippen molar-refractivity contribution in [3.05, 3.63) is 70.7 Å². The second-order valence-corrected chi connectivity index (χ2v) is 5.35. The minimum absolute atomic E-state index is 0.0815. The number of hydrogen-bond donors (Lipinski definition) is 1. The Kier molecular flexibility index (Phi) is 6.35. The van der Waals surface area contributed by atoms with E-state index in [4.69, 9.17) is 21.6 Å². The lowest BCUT2D eigenvalue weighted by molar-refractivity contribution is -0.142. The number of carbonyl (C=O) groups is 2. The zero-order valence-electron chi connectivity index (χ0n) is 12.7. The summed E-state index contributed by atoms with van der Waals surface area (Å²) in [7, 11) is 0. The van der Waals surface area contributed by atoms with Gasteiger partial charge in [-0.2, -0.15) is 5.26 Å². The van der Waals surface area contributed by atoms with Gasteiger partial charge in [-0.05, 0) is 17.7 Å². The van der Waals surface area contributed by atoms with Crippen LogP contribution in [0, 0.1) is 11.3 Å². The zero-order valence-corrected chi connectivity index (χ0v) is 13.5. The number of benzene rings is 2. The first kappa shape index (κ1) is 17.5. The summed E-state index contributed by atoms with van der Waals surface area (Å²) in [4.78, 5) is 24.3. The highest BCUT2D eigenvalue weighted by atomic mass is 35.5. The van der Waals surface area contributed by atoms with E-state index in [-0.39, 0.29) is 18.9 Å². The van der Waals surface area contributed by atoms with Crippen LogP contribution < -0.4 is 5.32 Å². The summed E-state index contributed by atoms with van der Waals surface area (Å²) in [6.45, 7) is -0.321. The Balaban J connectivity index is 2.17. The third-order valence-electron chi connectivity index (χ3n) is 3.29. The van der Waals surface area contributed by atoms with Gasteiger partial charge in [-0.3, -0.25) is 9.59 Å². The van der Waals surface area contributed by atoms with E-state index in [0.717, 1.165) is 5.56 Å². The molecule has 0 aliphatic rings. The molecule has 1 amide bonds. The SMILES string of the molecule is N#CCOC(=O)C[C@@H](NC(=O)c1ccccc1Cl)c1ccccc1. The molecule has 2 rings (SSSR count). The van der Waals surface area contributed by atoms with E-state index in [9.17, 15) is 9.59 Å². The molecular weight excluding hydrogens is 328 g/mol. The minimum Gasteiger partial charge on any atom is -0.450 e. The van der Waals surface area contributed by atoms with Crippen molar-refractivity contribution in [3.8, 4) is 6.07 Å². The van der Waals surface area contributed by atoms with E-state index < -0.39 is 12.0 Å². The van der Waals surface area contributed by atoms with Crippen molar-refractivity contribution >= 4 is 23.5 Å². The summed E-state index contributed by atoms with van der Waals surface area (Å²) in [5.74, 6) is -0.951. The number of nitrogens with zero attached hydrogens (tertiary/aromatic N) is 1. The summed E-state index contributed by atoms with van der Waals surface area (Å²) in [5, 5.41) is 11.6. The molecule has 0 radical (unpaired) electrons. The quantitative estimate of drug-likeness (QED) is 0.817. The van der Waals surface area contributed by atoms with Crippen molar-refractivity contribution in [2.75, 3.05) is 6.61 Å². The highest BCUT2D eigenvalue weighted by molar-refractivity contribution is 6.33. The topological polar surface area (TPSA) is 79.2 Å². The van der Waals surface area contributed by atoms with Gasteiger partial charge < -0.3 is 10.1 Å². The van der Waals surface area contributed by atoms with Crippen LogP contribution in [0.1, 0.15) is 28.4 Å². The van der Waals surface area contributed by atoms with Gasteiger partial charge in [0.25, 0.3) is 5.91 Å². The largest absolute Gasteiger partial charge is 0.450 e. The Hall–Kier alpha value is -2.84. The number of nitrogens with one attached hydrogen (secondary N) is 1. The fourth-order valence-corrected chi connectivity index (χ4v) is 2.38. The number of hydrogen-bond acceptors (Lipinski definition) is 4. The number of halogens is 1. The van der Waals surface area contributed by atoms with Gasteiger partial charge in [-0.25, -0.2) is 0 Å². The molecule has 0 saturated heterocycles. The number of ether oxygens (including phenoxy) is 1. The average Bonchev–Trinajstić information content (AvgIpc) is 2.60. The molecule has 1 atom stereocenters. The summed E-state index contributed by atoms with van der Waals surface area (Å²) < 4.78 is 4.78. The van der Waals surface area contributed by atoms with Gasteiger partial charge in [0.1, 0.15) is 6.07 Å². The van der Waals surface area contributed by atoms with Gasteiger partial charge in [-0.1, -0.05) is 54.1 Å². The fourth-order valence-electron chi connectivity index (χ4n) is 2.16. The van der Waals surface area contributed by atoms with Crippen LogP contribution in [0.5, 0.6) is 0 Å². The zero-order chi connectivity index (χ0) is 17.4. The second kappa shape index (κ2) is 8.70. The molecule has 0 spiro atoms. The second-order valence-electron chi connectivity index (χ2n) is 4.94. The molecule has 1 N–H and O–H groups in total. The predicted octanol–water partition coefficient (Wildman–Crippen LogP) is 3.27. The van der Waals surface area contributed by atoms with Crippen LogP contribution in [0.4, 0.5) is 0 Å². The number of nitriles is 1. The van der Waals surface area contributed by atoms with E-state index in [2.05, 4.69) is 5.32 Å². The summed E-state index contributed by atoms with van der Waals surface area (Å²) >= 11 is 6.03. The van der Waals surface area contributed by atoms with Crippen LogP contribution in [0.25, 0.3) is 0 Å². The van der Waals surface area contributed by atoms with Crippen molar-refractivity contribution < 1.29 is 14.3 Å². The Morgan fingerprint density at radius 1 is 1.12 bits per heavy atom. The lowest BCUT2D eigenvalue weighted by Gasteiger charge is -2.18. The standard InChI is InChI=1S/C18H15ClN2O3/c19-15-9-5-4-8-14(15)18(23)21-16(12-17(22)24-11-10-20)13-6-2-1-3-7-13/h1-9,16H,11-12H2,(H,21,23)/t16-/m1/s1. The lowest BCUT2D eigenvalue weighted by Crippen LogP contribution is -2.30. The van der Waals surface area contributed by atoms with Crippen LogP contribution in [0.3, 0.4) is 0 Å². The van der Waals surface area contributed by atoms with Crippen LogP contribution in [-0.2, 0) is 9.53 Å². The molecule has 122 valence electrons. The van der Waals surface area contributed by atoms with Crippen LogP contribution >= 0.6 is 11.6 Å². The van der Waals surface area contributed by atoms with Crippen molar-refractivity contribution in [3.63, 3.8) is 0 Å². The molecule has 6 heteroatoms. The van der Waals surface area contributed by atoms with Gasteiger partial charge >= 0.3 is 5.97 Å². The van der Waals surface area contributed by atoms with Gasteiger partial charge in [0.15, 0.2) is 6.61 Å². The molecule has 0 aliphatic carbocycles. The number of amides is 1. The Morgan fingerprint density at radius 2 is 1.79 bits per heavy atom. The van der Waals surface area contributed by atoms with E-state index in [0.29, 0.717) is 10.6 Å². The third kappa shape index (κ3) is 4.83. The maximum absolute atomic E-state index is 12.4. The average molecular weight is 343 g/mol. The molecule has 24 heavy (non-hydrogen) atoms. The lowest BCUT2D eigenvalue weighted by atomic mass is 10.0. The first-order valence-electron chi connectivity index (χ1n) is 7.24. The van der Waals surface area contributed by atoms with Crippen LogP contribution in [-0.4, -0.2) is 18.5 Å². The Labute approximate surface area is 144 Å². The van der Waals surface area contributed by atoms with Gasteiger partial charge in [0.2, 0.25) is 0 Å². The maximum Gasteiger partial charge on any atom is 0.309 e. The summed E-state index contributed by atoms with van der Waals surface area (Å²) in [6, 6.07) is 16.9. The molecule has 0 bridgehead atoms. The number of carbonyl (C=O) groups excluding carboxylic acids is 2. The van der Waals surface area contributed by atoms with Crippen LogP contribution in [0.15, 0.2) is 54.6 Å². The van der Waals surface area contributed by atoms with E-state index >= 15 is 0 Å². The normalized spacial score (nSPS) is 11.2. The number of rotatable bonds is 6. The molecule has 0 unspecified atom stereocenters. The Morgan fingerprint density at radius 3 is 2.46 bits per heavy atom. The minimum atomic E-state index is -0.582. The van der Waals surface area contributed by atoms with Gasteiger partial charge in [0, 0.05) is 0 Å². The molecule has 5 nitrogen and oxygen atoms in total. The summed E-state index contributed by atoms with van der Waals surface area (Å²) in [5.41, 5.74) is 1.08. The molecule has 0 aliphatic heterocycles. The highest BCUT2D eigenvalue weighted by Gasteiger charge is 2.21. The van der Waals surface area contributed by atoms with Crippen molar-refractivity contribution in [2.45, 2.75) is 12.5 Å². The molecule has 2 aromatic rings. The van der Waals surface area contributed by atoms with E-state index in [1.54, 1.807) is 42.5 Å². The molecule has 2 aromatic carbocycles. The van der Waals surface area contributed by atoms with Gasteiger partial charge in [0.05, 0.1) is 23.0 Å². The first-order valence-corrected chi connectivity index (χ1v) is 7.62. The monoisotopic (exact) mass is 342 g/mol. The smallest absolute Gasteiger partial charge is 0.309 e. The molecule has 0 saturated carbocycles. The first-order chi connectivity index (χ1) is 11.6. The maximum atomic E-state index is 12.4. The van der Waals surface area contributed by atoms with Crippen molar-refractivity contribution in [1.82, 2.24) is 5.32 Å². The molecular formula is C18H15ClN2O3. The fraction of sp³-hybridized carbons (Fsp3) is 0.167. The van der Waals surface area contributed by atoms with Gasteiger partial charge in [-0.15, -0.1) is 0 Å². The third-order valence-corrected chi connectivity index (χ3v) is 3.62. The van der Waals surface area contributed by atoms with Crippen LogP contribution in [0.2, 0.25) is 5.02 Å². The van der Waals surface area contributed by atoms with Crippen molar-refractivity contribution in [1.29, 1.82) is 5.26 Å². The van der Waals surface area contributed by atoms with E-state index in [1.165, 1.54) is 0 Å². The summed E-state index contributed by atoms with van der Waals surface area (Å²) in [6.07, 6.45) is -0.0815. The van der Waals surface area contributed by atoms with E-state index in [1.807, 2.05) is 18.2 Å². The molecule has 0 fully saturated rings. The van der Waals surface area contributed by atoms with Crippen molar-refractivity contribution in [2.24, 2.45) is 0 Å². The predicted molar refractivity (Wildman–Crippen MR) is 89.3 cm³/mol. The molecule has 0 aromatic heterocycles. The highest BCUT2D eigenvalue weighted by Crippen LogP contribution is 2.20. The number of esters is 1.